The van der Waals surface area contributed by atoms with Crippen molar-refractivity contribution in [3.05, 3.63) is 65.0 Å². The third-order valence-electron chi connectivity index (χ3n) is 7.20. The van der Waals surface area contributed by atoms with Gasteiger partial charge < -0.3 is 25.4 Å². The average Bonchev–Trinajstić information content (AvgIpc) is 3.66. The fourth-order valence-corrected chi connectivity index (χ4v) is 4.80. The Hall–Kier alpha value is -3.18. The summed E-state index contributed by atoms with van der Waals surface area (Å²) in [6.07, 6.45) is -3.02. The van der Waals surface area contributed by atoms with Gasteiger partial charge in [0.15, 0.2) is 0 Å². The number of carbonyl (C=O) groups excluding carboxylic acids is 2. The minimum absolute atomic E-state index is 0.0331. The van der Waals surface area contributed by atoms with Gasteiger partial charge in [-0.05, 0) is 67.5 Å². The van der Waals surface area contributed by atoms with Crippen molar-refractivity contribution in [2.75, 3.05) is 26.7 Å². The lowest BCUT2D eigenvalue weighted by Crippen LogP contribution is -2.52. The number of ether oxygens (including phenoxy) is 1. The van der Waals surface area contributed by atoms with E-state index in [1.54, 1.807) is 12.1 Å². The van der Waals surface area contributed by atoms with Crippen molar-refractivity contribution >= 4 is 11.8 Å². The van der Waals surface area contributed by atoms with E-state index in [1.165, 1.54) is 30.1 Å². The fourth-order valence-electron chi connectivity index (χ4n) is 4.80. The Bertz CT molecular complexity index is 1190. The van der Waals surface area contributed by atoms with Gasteiger partial charge >= 0.3 is 6.18 Å². The first-order valence-corrected chi connectivity index (χ1v) is 13.0. The maximum absolute atomic E-state index is 14.3. The van der Waals surface area contributed by atoms with Crippen molar-refractivity contribution in [1.82, 2.24) is 15.5 Å². The third kappa shape index (κ3) is 7.69. The van der Waals surface area contributed by atoms with Crippen LogP contribution in [0.5, 0.6) is 5.75 Å². The van der Waals surface area contributed by atoms with Crippen molar-refractivity contribution in [2.24, 2.45) is 0 Å². The Morgan fingerprint density at radius 2 is 1.95 bits per heavy atom. The highest BCUT2D eigenvalue weighted by molar-refractivity contribution is 5.84. The summed E-state index contributed by atoms with van der Waals surface area (Å²) < 4.78 is 59.7. The molecule has 0 saturated heterocycles. The van der Waals surface area contributed by atoms with E-state index in [4.69, 9.17) is 4.74 Å². The topological polar surface area (TPSA) is 90.9 Å². The maximum atomic E-state index is 14.3. The molecule has 1 aliphatic carbocycles. The highest BCUT2D eigenvalue weighted by Crippen LogP contribution is 2.46. The molecular formula is C28H33F4N3O4. The third-order valence-corrected chi connectivity index (χ3v) is 7.20. The van der Waals surface area contributed by atoms with E-state index in [0.29, 0.717) is 49.2 Å². The minimum atomic E-state index is -4.47. The molecule has 2 amide bonds. The number of nitrogens with zero attached hydrogens (tertiary/aromatic N) is 1. The average molecular weight is 552 g/mol. The summed E-state index contributed by atoms with van der Waals surface area (Å²) in [6.45, 7) is 0.0495. The molecule has 1 heterocycles. The normalized spacial score (nSPS) is 21.3. The molecule has 1 fully saturated rings. The smallest absolute Gasteiger partial charge is 0.416 e. The van der Waals surface area contributed by atoms with Gasteiger partial charge in [-0.1, -0.05) is 12.1 Å². The Labute approximate surface area is 224 Å². The highest BCUT2D eigenvalue weighted by atomic mass is 19.4. The molecule has 2 aromatic rings. The van der Waals surface area contributed by atoms with Gasteiger partial charge in [0.2, 0.25) is 11.8 Å². The second-order valence-electron chi connectivity index (χ2n) is 10.3. The molecule has 0 radical (unpaired) electrons. The summed E-state index contributed by atoms with van der Waals surface area (Å²) in [7, 11) is 1.52. The van der Waals surface area contributed by atoms with Gasteiger partial charge in [0.1, 0.15) is 11.6 Å². The van der Waals surface area contributed by atoms with E-state index < -0.39 is 41.1 Å². The minimum Gasteiger partial charge on any atom is -0.493 e. The molecule has 39 heavy (non-hydrogen) atoms. The van der Waals surface area contributed by atoms with E-state index in [0.717, 1.165) is 12.1 Å². The predicted octanol–water partition coefficient (Wildman–Crippen LogP) is 3.53. The molecule has 2 aromatic carbocycles. The van der Waals surface area contributed by atoms with Crippen molar-refractivity contribution in [3.63, 3.8) is 0 Å². The van der Waals surface area contributed by atoms with Crippen LogP contribution in [-0.4, -0.2) is 60.7 Å². The molecular weight excluding hydrogens is 518 g/mol. The second kappa shape index (κ2) is 11.9. The van der Waals surface area contributed by atoms with E-state index in [2.05, 4.69) is 10.6 Å². The lowest BCUT2D eigenvalue weighted by molar-refractivity contribution is -0.137. The predicted molar refractivity (Wildman–Crippen MR) is 135 cm³/mol. The number of nitrogens with one attached hydrogen (secondary N) is 2. The van der Waals surface area contributed by atoms with Crippen molar-refractivity contribution < 1.29 is 37.0 Å². The maximum Gasteiger partial charge on any atom is 0.416 e. The van der Waals surface area contributed by atoms with Crippen molar-refractivity contribution in [3.8, 4) is 5.75 Å². The van der Waals surface area contributed by atoms with Crippen LogP contribution in [0.15, 0.2) is 42.5 Å². The molecule has 2 atom stereocenters. The number of rotatable bonds is 5. The number of likely N-dealkylation sites (N-methyl/N-ethyl adjacent to an activating group) is 1. The highest BCUT2D eigenvalue weighted by Gasteiger charge is 2.45. The number of hydrogen-bond donors (Lipinski definition) is 3. The van der Waals surface area contributed by atoms with Crippen LogP contribution in [0.25, 0.3) is 0 Å². The number of fused-ring (bicyclic) bond motifs is 2. The van der Waals surface area contributed by atoms with Crippen LogP contribution >= 0.6 is 0 Å². The first-order valence-electron chi connectivity index (χ1n) is 13.0. The number of aliphatic hydroxyl groups is 1. The monoisotopic (exact) mass is 551 g/mol. The zero-order chi connectivity index (χ0) is 28.2. The van der Waals surface area contributed by atoms with E-state index in [1.807, 2.05) is 0 Å². The molecule has 11 heteroatoms. The van der Waals surface area contributed by atoms with Crippen molar-refractivity contribution in [1.29, 1.82) is 0 Å². The molecule has 2 unspecified atom stereocenters. The van der Waals surface area contributed by atoms with Crippen LogP contribution in [0.1, 0.15) is 48.8 Å². The summed E-state index contributed by atoms with van der Waals surface area (Å²) >= 11 is 0. The molecule has 7 nitrogen and oxygen atoms in total. The Balaban J connectivity index is 1.51. The molecule has 3 N–H and O–H groups in total. The zero-order valence-corrected chi connectivity index (χ0v) is 21.7. The number of amides is 2. The van der Waals surface area contributed by atoms with Gasteiger partial charge in [-0.25, -0.2) is 4.39 Å². The van der Waals surface area contributed by atoms with Crippen molar-refractivity contribution in [2.45, 2.75) is 62.4 Å². The molecule has 0 spiro atoms. The van der Waals surface area contributed by atoms with Gasteiger partial charge in [-0.15, -0.1) is 0 Å². The zero-order valence-electron chi connectivity index (χ0n) is 21.7. The second-order valence-corrected chi connectivity index (χ2v) is 10.3. The van der Waals surface area contributed by atoms with Crippen LogP contribution in [0.4, 0.5) is 17.6 Å². The van der Waals surface area contributed by atoms with Gasteiger partial charge in [0, 0.05) is 31.6 Å². The number of hydrogen-bond acceptors (Lipinski definition) is 5. The Morgan fingerprint density at radius 3 is 2.67 bits per heavy atom. The van der Waals surface area contributed by atoms with E-state index in [-0.39, 0.29) is 31.8 Å². The van der Waals surface area contributed by atoms with Gasteiger partial charge in [0.05, 0.1) is 30.9 Å². The van der Waals surface area contributed by atoms with Crippen LogP contribution in [0.3, 0.4) is 0 Å². The summed E-state index contributed by atoms with van der Waals surface area (Å²) in [5, 5.41) is 17.1. The van der Waals surface area contributed by atoms with Gasteiger partial charge in [-0.3, -0.25) is 9.59 Å². The molecule has 1 aliphatic heterocycles. The quantitative estimate of drug-likeness (QED) is 0.495. The molecule has 4 rings (SSSR count). The summed E-state index contributed by atoms with van der Waals surface area (Å²) in [4.78, 5) is 26.5. The Kier molecular flexibility index (Phi) is 8.80. The lowest BCUT2D eigenvalue weighted by atomic mass is 9.98. The first kappa shape index (κ1) is 28.8. The number of alkyl halides is 3. The van der Waals surface area contributed by atoms with Crippen LogP contribution in [0, 0.1) is 5.82 Å². The van der Waals surface area contributed by atoms with Gasteiger partial charge in [-0.2, -0.15) is 13.2 Å². The van der Waals surface area contributed by atoms with Crippen LogP contribution in [0.2, 0.25) is 0 Å². The summed E-state index contributed by atoms with van der Waals surface area (Å²) in [6, 6.07) is 8.42. The number of aliphatic hydroxyl groups excluding tert-OH is 1. The van der Waals surface area contributed by atoms with Crippen LogP contribution < -0.4 is 15.4 Å². The standard InChI is InChI=1S/C28H33F4N3O4/c1-35-17-25(37)34-23(13-18-11-21(29)15-22(12-18)39-10-3-2-7-26(35)38)24(36)16-33-27(8-9-27)19-5-4-6-20(14-19)28(30,31)32/h4-6,11-12,14-15,23-24,33,36H,2-3,7-10,13,16-17H2,1H3,(H,34,37). The number of carbonyl (C=O) groups is 2. The Morgan fingerprint density at radius 1 is 1.18 bits per heavy atom. The number of benzene rings is 2. The first-order chi connectivity index (χ1) is 18.4. The molecule has 2 aliphatic rings. The summed E-state index contributed by atoms with van der Waals surface area (Å²) in [5.74, 6) is -0.915. The number of halogens is 4. The SMILES string of the molecule is CN1CC(=O)NC(C(O)CNC2(c3cccc(C(F)(F)F)c3)CC2)Cc2cc(F)cc(c2)OCCCCC1=O. The summed E-state index contributed by atoms with van der Waals surface area (Å²) in [5.41, 5.74) is -0.487. The molecule has 0 aromatic heterocycles. The van der Waals surface area contributed by atoms with Crippen LogP contribution in [-0.2, 0) is 27.7 Å². The van der Waals surface area contributed by atoms with Gasteiger partial charge in [0.25, 0.3) is 0 Å². The fraction of sp³-hybridized carbons (Fsp3) is 0.500. The van der Waals surface area contributed by atoms with E-state index >= 15 is 0 Å². The molecule has 212 valence electrons. The largest absolute Gasteiger partial charge is 0.493 e. The molecule has 1 saturated carbocycles. The van der Waals surface area contributed by atoms with E-state index in [9.17, 15) is 32.3 Å². The molecule has 2 bridgehead atoms. The lowest BCUT2D eigenvalue weighted by Gasteiger charge is -2.28.